The summed E-state index contributed by atoms with van der Waals surface area (Å²) in [6.45, 7) is 1.41. The molecule has 2 heterocycles. The summed E-state index contributed by atoms with van der Waals surface area (Å²) in [4.78, 5) is 16.9. The second kappa shape index (κ2) is 8.83. The zero-order valence-corrected chi connectivity index (χ0v) is 16.6. The van der Waals surface area contributed by atoms with E-state index in [4.69, 9.17) is 35.1 Å². The van der Waals surface area contributed by atoms with Gasteiger partial charge in [0.25, 0.3) is 5.89 Å². The lowest BCUT2D eigenvalue weighted by molar-refractivity contribution is -0.150. The Morgan fingerprint density at radius 1 is 1.13 bits per heavy atom. The third-order valence-corrected chi connectivity index (χ3v) is 4.34. The SMILES string of the molecule is C/C(=N\OCC(=O)OCc1nnc(-c2ccc(Cl)cc2)o1)c1ccc2c(c1)OCO2. The van der Waals surface area contributed by atoms with Crippen LogP contribution in [0.1, 0.15) is 18.4 Å². The van der Waals surface area contributed by atoms with Gasteiger partial charge in [-0.3, -0.25) is 0 Å². The molecule has 1 aliphatic rings. The van der Waals surface area contributed by atoms with Crippen LogP contribution in [0.3, 0.4) is 0 Å². The van der Waals surface area contributed by atoms with Gasteiger partial charge < -0.3 is 23.5 Å². The molecule has 0 N–H and O–H groups in total. The van der Waals surface area contributed by atoms with Crippen LogP contribution in [0.15, 0.2) is 52.0 Å². The third-order valence-electron chi connectivity index (χ3n) is 4.09. The van der Waals surface area contributed by atoms with Crippen molar-refractivity contribution < 1.29 is 28.3 Å². The predicted molar refractivity (Wildman–Crippen MR) is 105 cm³/mol. The highest BCUT2D eigenvalue weighted by molar-refractivity contribution is 6.30. The van der Waals surface area contributed by atoms with Crippen molar-refractivity contribution in [3.63, 3.8) is 0 Å². The largest absolute Gasteiger partial charge is 0.454 e. The van der Waals surface area contributed by atoms with E-state index in [1.165, 1.54) is 0 Å². The Bertz CT molecular complexity index is 1080. The molecule has 9 nitrogen and oxygen atoms in total. The summed E-state index contributed by atoms with van der Waals surface area (Å²) in [6.07, 6.45) is 0. The molecular formula is C20H16ClN3O6. The molecule has 0 radical (unpaired) electrons. The highest BCUT2D eigenvalue weighted by atomic mass is 35.5. The maximum absolute atomic E-state index is 11.8. The van der Waals surface area contributed by atoms with Crippen LogP contribution in [0, 0.1) is 0 Å². The quantitative estimate of drug-likeness (QED) is 0.318. The van der Waals surface area contributed by atoms with E-state index in [1.807, 2.05) is 6.07 Å². The number of aromatic nitrogens is 2. The lowest BCUT2D eigenvalue weighted by atomic mass is 10.1. The van der Waals surface area contributed by atoms with Crippen molar-refractivity contribution in [3.8, 4) is 23.0 Å². The molecule has 0 aliphatic carbocycles. The van der Waals surface area contributed by atoms with Crippen LogP contribution in [0.2, 0.25) is 5.02 Å². The van der Waals surface area contributed by atoms with Gasteiger partial charge in [0.1, 0.15) is 0 Å². The number of hydrogen-bond donors (Lipinski definition) is 0. The fourth-order valence-electron chi connectivity index (χ4n) is 2.56. The average molecular weight is 430 g/mol. The van der Waals surface area contributed by atoms with Gasteiger partial charge in [0, 0.05) is 16.1 Å². The summed E-state index contributed by atoms with van der Waals surface area (Å²) >= 11 is 5.85. The predicted octanol–water partition coefficient (Wildman–Crippen LogP) is 3.60. The first kappa shape index (κ1) is 19.7. The Hall–Kier alpha value is -3.59. The number of esters is 1. The number of carbonyl (C=O) groups excluding carboxylic acids is 1. The van der Waals surface area contributed by atoms with Gasteiger partial charge in [-0.05, 0) is 49.4 Å². The first-order chi connectivity index (χ1) is 14.6. The van der Waals surface area contributed by atoms with Crippen LogP contribution in [0.5, 0.6) is 11.5 Å². The van der Waals surface area contributed by atoms with Crippen molar-refractivity contribution in [2.75, 3.05) is 13.4 Å². The molecule has 1 aliphatic heterocycles. The van der Waals surface area contributed by atoms with Gasteiger partial charge in [0.05, 0.1) is 5.71 Å². The van der Waals surface area contributed by atoms with Crippen LogP contribution >= 0.6 is 11.6 Å². The van der Waals surface area contributed by atoms with E-state index < -0.39 is 5.97 Å². The first-order valence-electron chi connectivity index (χ1n) is 8.89. The third kappa shape index (κ3) is 4.69. The monoisotopic (exact) mass is 429 g/mol. The fraction of sp³-hybridized carbons (Fsp3) is 0.200. The molecule has 10 heteroatoms. The lowest BCUT2D eigenvalue weighted by Crippen LogP contribution is -2.11. The van der Waals surface area contributed by atoms with Crippen molar-refractivity contribution in [2.45, 2.75) is 13.5 Å². The number of rotatable bonds is 7. The first-order valence-corrected chi connectivity index (χ1v) is 9.27. The molecule has 3 aromatic rings. The molecule has 0 saturated carbocycles. The average Bonchev–Trinajstić information content (AvgIpc) is 3.41. The number of hydrogen-bond acceptors (Lipinski definition) is 9. The summed E-state index contributed by atoms with van der Waals surface area (Å²) in [5.41, 5.74) is 2.07. The van der Waals surface area contributed by atoms with E-state index in [9.17, 15) is 4.79 Å². The van der Waals surface area contributed by atoms with Crippen LogP contribution in [0.4, 0.5) is 0 Å². The zero-order chi connectivity index (χ0) is 20.9. The number of carbonyl (C=O) groups is 1. The number of nitrogens with zero attached hydrogens (tertiary/aromatic N) is 3. The molecule has 0 bridgehead atoms. The minimum atomic E-state index is -0.622. The fourth-order valence-corrected chi connectivity index (χ4v) is 2.69. The van der Waals surface area contributed by atoms with Crippen LogP contribution in [0.25, 0.3) is 11.5 Å². The van der Waals surface area contributed by atoms with E-state index in [0.29, 0.717) is 33.7 Å². The van der Waals surface area contributed by atoms with Crippen molar-refractivity contribution in [3.05, 3.63) is 58.9 Å². The minimum Gasteiger partial charge on any atom is -0.454 e. The molecule has 0 fully saturated rings. The molecule has 1 aromatic heterocycles. The van der Waals surface area contributed by atoms with Gasteiger partial charge in [-0.2, -0.15) is 0 Å². The van der Waals surface area contributed by atoms with Gasteiger partial charge in [0.2, 0.25) is 19.3 Å². The van der Waals surface area contributed by atoms with Crippen molar-refractivity contribution >= 4 is 23.3 Å². The highest BCUT2D eigenvalue weighted by Gasteiger charge is 2.15. The Morgan fingerprint density at radius 2 is 1.93 bits per heavy atom. The van der Waals surface area contributed by atoms with Crippen LogP contribution < -0.4 is 9.47 Å². The Morgan fingerprint density at radius 3 is 2.77 bits per heavy atom. The molecule has 0 saturated heterocycles. The second-order valence-electron chi connectivity index (χ2n) is 6.19. The van der Waals surface area contributed by atoms with Crippen molar-refractivity contribution in [1.29, 1.82) is 0 Å². The molecule has 0 spiro atoms. The van der Waals surface area contributed by atoms with Gasteiger partial charge in [-0.25, -0.2) is 4.79 Å². The molecule has 0 atom stereocenters. The maximum Gasteiger partial charge on any atom is 0.347 e. The Kier molecular flexibility index (Phi) is 5.80. The van der Waals surface area contributed by atoms with Gasteiger partial charge in [-0.15, -0.1) is 10.2 Å². The van der Waals surface area contributed by atoms with Gasteiger partial charge in [-0.1, -0.05) is 16.8 Å². The van der Waals surface area contributed by atoms with Gasteiger partial charge in [0.15, 0.2) is 18.1 Å². The number of fused-ring (bicyclic) bond motifs is 1. The number of benzene rings is 2. The summed E-state index contributed by atoms with van der Waals surface area (Å²) < 4.78 is 21.1. The molecule has 0 amide bonds. The summed E-state index contributed by atoms with van der Waals surface area (Å²) in [5.74, 6) is 1.16. The molecule has 4 rings (SSSR count). The van der Waals surface area contributed by atoms with Crippen molar-refractivity contribution in [2.24, 2.45) is 5.16 Å². The number of halogens is 1. The molecule has 0 unspecified atom stereocenters. The maximum atomic E-state index is 11.8. The second-order valence-corrected chi connectivity index (χ2v) is 6.62. The van der Waals surface area contributed by atoms with Crippen LogP contribution in [-0.2, 0) is 21.0 Å². The smallest absolute Gasteiger partial charge is 0.347 e. The van der Waals surface area contributed by atoms with Crippen molar-refractivity contribution in [1.82, 2.24) is 10.2 Å². The zero-order valence-electron chi connectivity index (χ0n) is 15.8. The number of ether oxygens (including phenoxy) is 3. The highest BCUT2D eigenvalue weighted by Crippen LogP contribution is 2.32. The molecule has 30 heavy (non-hydrogen) atoms. The van der Waals surface area contributed by atoms with E-state index in [-0.39, 0.29) is 25.9 Å². The topological polar surface area (TPSA) is 105 Å². The summed E-state index contributed by atoms with van der Waals surface area (Å²) in [7, 11) is 0. The van der Waals surface area contributed by atoms with E-state index in [2.05, 4.69) is 15.4 Å². The molecule has 2 aromatic carbocycles. The van der Waals surface area contributed by atoms with Crippen LogP contribution in [-0.4, -0.2) is 35.3 Å². The Labute approximate surface area is 176 Å². The normalized spacial score (nSPS) is 12.7. The van der Waals surface area contributed by atoms with E-state index >= 15 is 0 Å². The van der Waals surface area contributed by atoms with E-state index in [1.54, 1.807) is 43.3 Å². The number of oxime groups is 1. The summed E-state index contributed by atoms with van der Waals surface area (Å²) in [6, 6.07) is 12.3. The summed E-state index contributed by atoms with van der Waals surface area (Å²) in [5, 5.41) is 12.3. The standard InChI is InChI=1S/C20H16ClN3O6/c1-12(14-4-7-16-17(8-14)28-11-27-16)24-29-10-19(25)26-9-18-22-23-20(30-18)13-2-5-15(21)6-3-13/h2-8H,9-11H2,1H3/b24-12+. The van der Waals surface area contributed by atoms with Gasteiger partial charge >= 0.3 is 5.97 Å². The molecule has 154 valence electrons. The minimum absolute atomic E-state index is 0.161. The van der Waals surface area contributed by atoms with E-state index in [0.717, 1.165) is 5.56 Å². The Balaban J connectivity index is 1.25. The molecular weight excluding hydrogens is 414 g/mol. The lowest BCUT2D eigenvalue weighted by Gasteiger charge is -2.04.